The molecule has 3 aromatic carbocycles. The highest BCUT2D eigenvalue weighted by atomic mass is 16.5. The van der Waals surface area contributed by atoms with Gasteiger partial charge in [-0.2, -0.15) is 9.97 Å². The number of fused-ring (bicyclic) bond motifs is 2. The van der Waals surface area contributed by atoms with Gasteiger partial charge in [-0.05, 0) is 67.1 Å². The van der Waals surface area contributed by atoms with Gasteiger partial charge in [0.15, 0.2) is 0 Å². The molecule has 4 amide bonds. The minimum absolute atomic E-state index is 0.0826. The molecule has 2 aliphatic rings. The maximum absolute atomic E-state index is 13.3. The molecule has 0 fully saturated rings. The molecule has 1 unspecified atom stereocenters. The molecule has 0 spiro atoms. The second kappa shape index (κ2) is 36.6. The highest BCUT2D eigenvalue weighted by Crippen LogP contribution is 2.33. The van der Waals surface area contributed by atoms with Crippen LogP contribution in [0.2, 0.25) is 0 Å². The molecule has 0 saturated carbocycles. The van der Waals surface area contributed by atoms with Crippen molar-refractivity contribution in [2.24, 2.45) is 4.99 Å². The number of aliphatic imine (C=N–C) groups is 1. The minimum Gasteiger partial charge on any atom is -0.471 e. The lowest BCUT2D eigenvalue weighted by atomic mass is 10.0. The number of imide groups is 1. The summed E-state index contributed by atoms with van der Waals surface area (Å²) in [5.74, 6) is -1.28. The average molecular weight is 1150 g/mol. The van der Waals surface area contributed by atoms with E-state index in [1.54, 1.807) is 24.4 Å². The Morgan fingerprint density at radius 2 is 1.16 bits per heavy atom. The first-order chi connectivity index (χ1) is 40.5. The fraction of sp³-hybridized carbons (Fsp3) is 0.458. The fourth-order valence-electron chi connectivity index (χ4n) is 8.15. The van der Waals surface area contributed by atoms with Gasteiger partial charge in [0.05, 0.1) is 95.9 Å². The van der Waals surface area contributed by atoms with Crippen LogP contribution in [-0.4, -0.2) is 165 Å². The number of ketones is 1. The molecule has 0 radical (unpaired) electrons. The summed E-state index contributed by atoms with van der Waals surface area (Å²) in [5.41, 5.74) is 17.4. The van der Waals surface area contributed by atoms with Crippen molar-refractivity contribution in [1.29, 1.82) is 0 Å². The number of aryl methyl sites for hydroxylation is 1. The number of aromatic nitrogens is 4. The number of nitrogens with zero attached hydrogens (tertiary/aromatic N) is 6. The standard InChI is InChI=1S/C41H54N6O11.C18H22N4O3/c1-2-53-22-23-55-20-17-43-37(49)28-35(47-39(51)33-7-3-4-8-34(33)40(47)52)38(50)44-18-21-56-25-27-57-26-24-54-19-5-6-32(48)14-13-30-9-11-31(12-10-30)29-58-41-45-16-15-36(42)46-41;1-2-23-9-10-24-11-13-3-5-14(6-4-13)12-25-17-16-15(7-8-20-16)21-18(19)22-17/h3-4,7-12,15-16,35H,2,5-6,13-14,17-29H2,1H3,(H,43,49)(H,44,50)(H2,42,45,46);3-6,8H,2,7,9-12H2,1H3,(H2,19,21,22). The number of carbonyl (C=O) groups is 5. The molecule has 24 nitrogen and oxygen atoms in total. The number of carbonyl (C=O) groups excluding carboxylic acids is 5. The van der Waals surface area contributed by atoms with Gasteiger partial charge in [-0.25, -0.2) is 9.97 Å². The predicted octanol–water partition coefficient (Wildman–Crippen LogP) is 4.76. The predicted molar refractivity (Wildman–Crippen MR) is 306 cm³/mol. The van der Waals surface area contributed by atoms with E-state index in [9.17, 15) is 24.0 Å². The van der Waals surface area contributed by atoms with E-state index in [1.165, 1.54) is 18.3 Å². The van der Waals surface area contributed by atoms with E-state index >= 15 is 0 Å². The maximum Gasteiger partial charge on any atom is 0.318 e. The van der Waals surface area contributed by atoms with Crippen LogP contribution in [0.25, 0.3) is 0 Å². The number of hydrogen-bond acceptors (Lipinski definition) is 21. The van der Waals surface area contributed by atoms with E-state index in [4.69, 9.17) is 54.1 Å². The first kappa shape index (κ1) is 64.3. The van der Waals surface area contributed by atoms with E-state index in [0.717, 1.165) is 32.8 Å². The molecule has 4 heterocycles. The second-order valence-electron chi connectivity index (χ2n) is 18.6. The van der Waals surface area contributed by atoms with Gasteiger partial charge in [0.2, 0.25) is 23.6 Å². The second-order valence-corrected chi connectivity index (χ2v) is 18.6. The van der Waals surface area contributed by atoms with Gasteiger partial charge in [0.1, 0.15) is 36.5 Å². The monoisotopic (exact) mass is 1150 g/mol. The molecule has 2 aromatic heterocycles. The highest BCUT2D eigenvalue weighted by Gasteiger charge is 2.43. The number of nitrogen functional groups attached to an aromatic ring is 2. The number of anilines is 2. The Kier molecular flexibility index (Phi) is 28.4. The topological polar surface area (TPSA) is 312 Å². The fourth-order valence-corrected chi connectivity index (χ4v) is 8.15. The van der Waals surface area contributed by atoms with Gasteiger partial charge in [-0.3, -0.25) is 33.9 Å². The number of Topliss-reactive ketones (excluding diaryl/α,β-unsaturated/α-hetero) is 1. The van der Waals surface area contributed by atoms with Crippen molar-refractivity contribution >= 4 is 53.1 Å². The van der Waals surface area contributed by atoms with Crippen LogP contribution in [0.3, 0.4) is 0 Å². The van der Waals surface area contributed by atoms with Crippen molar-refractivity contribution < 1.29 is 66.6 Å². The summed E-state index contributed by atoms with van der Waals surface area (Å²) in [6.07, 6.45) is 5.74. The van der Waals surface area contributed by atoms with Crippen molar-refractivity contribution in [2.45, 2.75) is 78.2 Å². The lowest BCUT2D eigenvalue weighted by Crippen LogP contribution is -2.52. The smallest absolute Gasteiger partial charge is 0.318 e. The minimum atomic E-state index is -1.36. The number of rotatable bonds is 39. The Labute approximate surface area is 483 Å². The quantitative estimate of drug-likeness (QED) is 0.0304. The molecule has 7 rings (SSSR count). The number of hydrogen-bond donors (Lipinski definition) is 4. The third-order valence-electron chi connectivity index (χ3n) is 12.4. The summed E-state index contributed by atoms with van der Waals surface area (Å²) in [6, 6.07) is 22.7. The zero-order chi connectivity index (χ0) is 58.9. The molecule has 0 aliphatic carbocycles. The third kappa shape index (κ3) is 22.8. The first-order valence-corrected chi connectivity index (χ1v) is 27.8. The summed E-state index contributed by atoms with van der Waals surface area (Å²) in [5, 5.41) is 5.34. The normalized spacial score (nSPS) is 12.6. The van der Waals surface area contributed by atoms with E-state index < -0.39 is 36.1 Å². The molecule has 0 saturated heterocycles. The average Bonchev–Trinajstić information content (AvgIpc) is 3.93. The van der Waals surface area contributed by atoms with Crippen molar-refractivity contribution in [3.63, 3.8) is 0 Å². The zero-order valence-electron chi connectivity index (χ0n) is 47.3. The molecular weight excluding hydrogens is 1070 g/mol. The first-order valence-electron chi connectivity index (χ1n) is 27.8. The molecule has 24 heteroatoms. The third-order valence-corrected chi connectivity index (χ3v) is 12.4. The largest absolute Gasteiger partial charge is 0.471 e. The van der Waals surface area contributed by atoms with Crippen LogP contribution in [0.15, 0.2) is 90.1 Å². The summed E-state index contributed by atoms with van der Waals surface area (Å²) >= 11 is 0. The van der Waals surface area contributed by atoms with Crippen molar-refractivity contribution in [3.8, 4) is 11.9 Å². The van der Waals surface area contributed by atoms with E-state index in [1.807, 2.05) is 62.4 Å². The van der Waals surface area contributed by atoms with Gasteiger partial charge < -0.3 is 64.7 Å². The number of benzene rings is 3. The highest BCUT2D eigenvalue weighted by molar-refractivity contribution is 6.23. The maximum atomic E-state index is 13.3. The van der Waals surface area contributed by atoms with Gasteiger partial charge in [0, 0.05) is 64.6 Å². The zero-order valence-corrected chi connectivity index (χ0v) is 47.3. The Hall–Kier alpha value is -7.84. The van der Waals surface area contributed by atoms with Crippen LogP contribution in [0.4, 0.5) is 17.5 Å². The summed E-state index contributed by atoms with van der Waals surface area (Å²) < 4.78 is 49.4. The molecule has 5 aromatic rings. The number of ether oxygens (including phenoxy) is 9. The van der Waals surface area contributed by atoms with Crippen LogP contribution in [-0.2, 0) is 80.2 Å². The SMILES string of the molecule is CCOCCOCCNC(=O)CC(C(=O)NCCOCCOCCOCCCC(=O)CCc1ccc(COc2nccc(N)n2)cc1)N1C(=O)c2ccccc2C1=O.CCOCCOCc1ccc(COc2nc(N)nc3c2N=CC3)cc1. The van der Waals surface area contributed by atoms with Gasteiger partial charge >= 0.3 is 6.01 Å². The van der Waals surface area contributed by atoms with E-state index in [2.05, 4.69) is 35.6 Å². The molecule has 1 atom stereocenters. The molecule has 6 N–H and O–H groups in total. The molecule has 83 heavy (non-hydrogen) atoms. The lowest BCUT2D eigenvalue weighted by molar-refractivity contribution is -0.130. The van der Waals surface area contributed by atoms with E-state index in [0.29, 0.717) is 135 Å². The van der Waals surface area contributed by atoms with E-state index in [-0.39, 0.29) is 61.8 Å². The Balaban J connectivity index is 0.000000365. The van der Waals surface area contributed by atoms with Crippen LogP contribution in [0, 0.1) is 0 Å². The van der Waals surface area contributed by atoms with Crippen molar-refractivity contribution in [3.05, 3.63) is 124 Å². The number of nitrogens with two attached hydrogens (primary N) is 2. The molecule has 0 bridgehead atoms. The molecule has 446 valence electrons. The van der Waals surface area contributed by atoms with Crippen LogP contribution in [0.5, 0.6) is 11.9 Å². The summed E-state index contributed by atoms with van der Waals surface area (Å²) in [7, 11) is 0. The Morgan fingerprint density at radius 1 is 0.602 bits per heavy atom. The van der Waals surface area contributed by atoms with Crippen molar-refractivity contribution in [1.82, 2.24) is 35.5 Å². The summed E-state index contributed by atoms with van der Waals surface area (Å²) in [4.78, 5) is 86.1. The Morgan fingerprint density at radius 3 is 1.78 bits per heavy atom. The Bertz CT molecular complexity index is 2810. The van der Waals surface area contributed by atoms with Crippen LogP contribution >= 0.6 is 0 Å². The van der Waals surface area contributed by atoms with Gasteiger partial charge in [0.25, 0.3) is 11.8 Å². The number of nitrogens with one attached hydrogen (secondary N) is 2. The molecular formula is C59H76N10O14. The van der Waals surface area contributed by atoms with Crippen molar-refractivity contribution in [2.75, 3.05) is 110 Å². The number of amides is 4. The van der Waals surface area contributed by atoms with Crippen LogP contribution in [0.1, 0.15) is 88.2 Å². The van der Waals surface area contributed by atoms with Gasteiger partial charge in [-0.1, -0.05) is 60.7 Å². The van der Waals surface area contributed by atoms with Crippen LogP contribution < -0.4 is 31.6 Å². The lowest BCUT2D eigenvalue weighted by Gasteiger charge is -2.25. The molecule has 2 aliphatic heterocycles. The summed E-state index contributed by atoms with van der Waals surface area (Å²) in [6.45, 7) is 10.8. The van der Waals surface area contributed by atoms with Gasteiger partial charge in [-0.15, -0.1) is 0 Å².